The molecule has 0 N–H and O–H groups in total. The fraction of sp³-hybridized carbons (Fsp3) is 1.00. The van der Waals surface area contributed by atoms with E-state index >= 15 is 0 Å². The van der Waals surface area contributed by atoms with Crippen LogP contribution in [0.1, 0.15) is 39.5 Å². The molecule has 0 bridgehead atoms. The van der Waals surface area contributed by atoms with Crippen LogP contribution in [0.25, 0.3) is 0 Å². The molecule has 0 aromatic heterocycles. The molecule has 1 spiro atoms. The van der Waals surface area contributed by atoms with Gasteiger partial charge in [0.15, 0.2) is 0 Å². The van der Waals surface area contributed by atoms with Crippen molar-refractivity contribution in [2.24, 2.45) is 17.3 Å². The van der Waals surface area contributed by atoms with E-state index < -0.39 is 0 Å². The van der Waals surface area contributed by atoms with Gasteiger partial charge >= 0.3 is 0 Å². The number of halogens is 1. The molecule has 2 aliphatic rings. The van der Waals surface area contributed by atoms with E-state index in [1.807, 2.05) is 0 Å². The van der Waals surface area contributed by atoms with Gasteiger partial charge in [-0.2, -0.15) is 0 Å². The van der Waals surface area contributed by atoms with E-state index in [0.29, 0.717) is 18.5 Å². The molecule has 0 aromatic rings. The van der Waals surface area contributed by atoms with Crippen LogP contribution in [0, 0.1) is 17.3 Å². The van der Waals surface area contributed by atoms with Crippen molar-refractivity contribution in [2.75, 3.05) is 13.1 Å². The Kier molecular flexibility index (Phi) is 2.35. The van der Waals surface area contributed by atoms with Crippen LogP contribution >= 0.6 is 0 Å². The summed E-state index contributed by atoms with van der Waals surface area (Å²) in [6.45, 7) is 6.03. The summed E-state index contributed by atoms with van der Waals surface area (Å²) < 4.78 is 12.6. The van der Waals surface area contributed by atoms with E-state index in [0.717, 1.165) is 17.0 Å². The molecule has 0 amide bonds. The molecule has 1 aliphatic heterocycles. The highest BCUT2D eigenvalue weighted by molar-refractivity contribution is 4.95. The highest BCUT2D eigenvalue weighted by Gasteiger charge is 2.45. The Morgan fingerprint density at radius 3 is 2.15 bits per heavy atom. The molecule has 13 heavy (non-hydrogen) atoms. The summed E-state index contributed by atoms with van der Waals surface area (Å²) in [4.78, 5) is 0. The molecular formula is C11H20FN. The van der Waals surface area contributed by atoms with Crippen molar-refractivity contribution in [2.45, 2.75) is 39.5 Å². The quantitative estimate of drug-likeness (QED) is 0.568. The fourth-order valence-corrected chi connectivity index (χ4v) is 2.92. The monoisotopic (exact) mass is 185 g/mol. The molecule has 0 radical (unpaired) electrons. The highest BCUT2D eigenvalue weighted by Crippen LogP contribution is 2.47. The Morgan fingerprint density at radius 1 is 1.23 bits per heavy atom. The summed E-state index contributed by atoms with van der Waals surface area (Å²) in [6, 6.07) is 0. The van der Waals surface area contributed by atoms with Crippen molar-refractivity contribution in [3.05, 3.63) is 0 Å². The number of nitrogens with zero attached hydrogens (tertiary/aromatic N) is 1. The van der Waals surface area contributed by atoms with E-state index in [2.05, 4.69) is 13.8 Å². The van der Waals surface area contributed by atoms with Crippen LogP contribution in [0.4, 0.5) is 4.48 Å². The Labute approximate surface area is 80.2 Å². The summed E-state index contributed by atoms with van der Waals surface area (Å²) in [5.74, 6) is 1.72. The van der Waals surface area contributed by atoms with Gasteiger partial charge in [-0.1, -0.05) is 13.8 Å². The first-order valence-electron chi connectivity index (χ1n) is 5.52. The molecule has 2 heteroatoms. The minimum absolute atomic E-state index is 0.389. The van der Waals surface area contributed by atoms with Crippen LogP contribution in [0.15, 0.2) is 0 Å². The molecule has 76 valence electrons. The second-order valence-electron chi connectivity index (χ2n) is 5.36. The predicted octanol–water partition coefficient (Wildman–Crippen LogP) is 3.02. The Bertz CT molecular complexity index is 175. The van der Waals surface area contributed by atoms with Gasteiger partial charge in [0.05, 0.1) is 0 Å². The van der Waals surface area contributed by atoms with Crippen LogP contribution < -0.4 is 0 Å². The summed E-state index contributed by atoms with van der Waals surface area (Å²) in [7, 11) is 0. The van der Waals surface area contributed by atoms with Crippen LogP contribution in [0.3, 0.4) is 0 Å². The SMILES string of the molecule is CC(C)C1CCC2(CC1)CN(F)C2. The van der Waals surface area contributed by atoms with E-state index in [-0.39, 0.29) is 0 Å². The Balaban J connectivity index is 1.83. The molecule has 0 atom stereocenters. The van der Waals surface area contributed by atoms with Crippen molar-refractivity contribution >= 4 is 0 Å². The van der Waals surface area contributed by atoms with Crippen molar-refractivity contribution < 1.29 is 4.48 Å². The number of hydrogen-bond acceptors (Lipinski definition) is 1. The standard InChI is InChI=1S/C11H20FN/c1-9(2)10-3-5-11(6-4-10)7-13(12)8-11/h9-10H,3-8H2,1-2H3. The molecule has 1 saturated heterocycles. The molecule has 1 heterocycles. The summed E-state index contributed by atoms with van der Waals surface area (Å²) >= 11 is 0. The van der Waals surface area contributed by atoms with Crippen molar-refractivity contribution in [3.63, 3.8) is 0 Å². The van der Waals surface area contributed by atoms with Gasteiger partial charge in [0.25, 0.3) is 0 Å². The minimum Gasteiger partial charge on any atom is -0.145 e. The van der Waals surface area contributed by atoms with Gasteiger partial charge in [0.2, 0.25) is 0 Å². The number of rotatable bonds is 1. The maximum absolute atomic E-state index is 12.6. The Hall–Kier alpha value is -0.110. The lowest BCUT2D eigenvalue weighted by molar-refractivity contribution is -0.152. The second kappa shape index (κ2) is 3.23. The zero-order valence-electron chi connectivity index (χ0n) is 8.72. The van der Waals surface area contributed by atoms with Gasteiger partial charge in [-0.3, -0.25) is 0 Å². The third-order valence-corrected chi connectivity index (χ3v) is 4.05. The maximum Gasteiger partial charge on any atom is 0.0360 e. The second-order valence-corrected chi connectivity index (χ2v) is 5.36. The zero-order valence-corrected chi connectivity index (χ0v) is 8.72. The first-order valence-corrected chi connectivity index (χ1v) is 5.52. The lowest BCUT2D eigenvalue weighted by atomic mass is 9.65. The molecule has 1 saturated carbocycles. The van der Waals surface area contributed by atoms with Gasteiger partial charge in [0, 0.05) is 18.5 Å². The molecular weight excluding hydrogens is 165 g/mol. The molecule has 2 fully saturated rings. The molecule has 2 rings (SSSR count). The van der Waals surface area contributed by atoms with Gasteiger partial charge in [-0.15, -0.1) is 9.60 Å². The fourth-order valence-electron chi connectivity index (χ4n) is 2.92. The van der Waals surface area contributed by atoms with Gasteiger partial charge in [-0.25, -0.2) is 0 Å². The topological polar surface area (TPSA) is 3.24 Å². The van der Waals surface area contributed by atoms with E-state index in [1.165, 1.54) is 25.7 Å². The van der Waals surface area contributed by atoms with E-state index in [1.54, 1.807) is 0 Å². The van der Waals surface area contributed by atoms with Crippen LogP contribution in [-0.4, -0.2) is 18.2 Å². The summed E-state index contributed by atoms with van der Waals surface area (Å²) in [5, 5.41) is 0.968. The smallest absolute Gasteiger partial charge is 0.0360 e. The van der Waals surface area contributed by atoms with E-state index in [9.17, 15) is 4.48 Å². The van der Waals surface area contributed by atoms with Crippen molar-refractivity contribution in [1.29, 1.82) is 0 Å². The van der Waals surface area contributed by atoms with Crippen molar-refractivity contribution in [1.82, 2.24) is 5.12 Å². The highest BCUT2D eigenvalue weighted by atomic mass is 19.2. The third-order valence-electron chi connectivity index (χ3n) is 4.05. The summed E-state index contributed by atoms with van der Waals surface area (Å²) in [6.07, 6.45) is 5.17. The maximum atomic E-state index is 12.6. The average molecular weight is 185 g/mol. The lowest BCUT2D eigenvalue weighted by Crippen LogP contribution is -2.54. The van der Waals surface area contributed by atoms with Crippen molar-refractivity contribution in [3.8, 4) is 0 Å². The minimum atomic E-state index is 0.389. The first kappa shape index (κ1) is 9.45. The van der Waals surface area contributed by atoms with Crippen LogP contribution in [0.5, 0.6) is 0 Å². The first-order chi connectivity index (χ1) is 6.11. The average Bonchev–Trinajstić information content (AvgIpc) is 2.03. The number of hydrogen-bond donors (Lipinski definition) is 0. The third kappa shape index (κ3) is 1.74. The molecule has 0 unspecified atom stereocenters. The lowest BCUT2D eigenvalue weighted by Gasteiger charge is -2.50. The Morgan fingerprint density at radius 2 is 1.77 bits per heavy atom. The molecule has 1 nitrogen and oxygen atoms in total. The normalized spacial score (nSPS) is 29.5. The van der Waals surface area contributed by atoms with E-state index in [4.69, 9.17) is 0 Å². The molecule has 0 aromatic carbocycles. The largest absolute Gasteiger partial charge is 0.145 e. The predicted molar refractivity (Wildman–Crippen MR) is 51.9 cm³/mol. The van der Waals surface area contributed by atoms with Gasteiger partial charge < -0.3 is 0 Å². The van der Waals surface area contributed by atoms with Crippen LogP contribution in [0.2, 0.25) is 0 Å². The summed E-state index contributed by atoms with van der Waals surface area (Å²) in [5.41, 5.74) is 0.389. The van der Waals surface area contributed by atoms with Gasteiger partial charge in [-0.05, 0) is 37.5 Å². The van der Waals surface area contributed by atoms with Crippen LogP contribution in [-0.2, 0) is 0 Å². The van der Waals surface area contributed by atoms with Gasteiger partial charge in [0.1, 0.15) is 0 Å². The molecule has 1 aliphatic carbocycles. The zero-order chi connectivity index (χ0) is 9.47.